The van der Waals surface area contributed by atoms with Crippen LogP contribution in [0.5, 0.6) is 0 Å². The van der Waals surface area contributed by atoms with Gasteiger partial charge in [-0.05, 0) is 42.3 Å². The highest BCUT2D eigenvalue weighted by molar-refractivity contribution is 7.98. The van der Waals surface area contributed by atoms with Gasteiger partial charge in [-0.25, -0.2) is 4.98 Å². The van der Waals surface area contributed by atoms with Crippen LogP contribution in [0.1, 0.15) is 11.1 Å². The van der Waals surface area contributed by atoms with Crippen LogP contribution in [0.3, 0.4) is 0 Å². The summed E-state index contributed by atoms with van der Waals surface area (Å²) >= 11 is 1.54. The molecular weight excluding hydrogens is 380 g/mol. The van der Waals surface area contributed by atoms with Gasteiger partial charge in [0, 0.05) is 16.9 Å². The number of thioether (sulfide) groups is 1. The fourth-order valence-corrected chi connectivity index (χ4v) is 3.85. The Morgan fingerprint density at radius 2 is 1.69 bits per heavy atom. The van der Waals surface area contributed by atoms with Crippen LogP contribution in [-0.2, 0) is 5.75 Å². The molecule has 0 bridgehead atoms. The van der Waals surface area contributed by atoms with Gasteiger partial charge in [-0.1, -0.05) is 60.3 Å². The van der Waals surface area contributed by atoms with Gasteiger partial charge in [0.1, 0.15) is 5.82 Å². The summed E-state index contributed by atoms with van der Waals surface area (Å²) in [5.41, 5.74) is 6.34. The second-order valence-electron chi connectivity index (χ2n) is 6.83. The Bertz CT molecular complexity index is 1260. The SMILES string of the molecule is Cc1ccc2nc(-c3ccc(-c4nnc(SCc5ccccc5)o4)cc3)[nH]c2c1. The van der Waals surface area contributed by atoms with E-state index in [1.165, 1.54) is 22.9 Å². The van der Waals surface area contributed by atoms with E-state index >= 15 is 0 Å². The number of hydrogen-bond acceptors (Lipinski definition) is 5. The predicted molar refractivity (Wildman–Crippen MR) is 116 cm³/mol. The second kappa shape index (κ2) is 7.56. The highest BCUT2D eigenvalue weighted by Crippen LogP contribution is 2.28. The molecule has 3 aromatic carbocycles. The minimum Gasteiger partial charge on any atom is -0.411 e. The van der Waals surface area contributed by atoms with Crippen molar-refractivity contribution in [1.82, 2.24) is 20.2 Å². The van der Waals surface area contributed by atoms with Gasteiger partial charge in [0.05, 0.1) is 11.0 Å². The molecule has 0 fully saturated rings. The van der Waals surface area contributed by atoms with Gasteiger partial charge in [-0.15, -0.1) is 10.2 Å². The van der Waals surface area contributed by atoms with Crippen molar-refractivity contribution in [2.24, 2.45) is 0 Å². The summed E-state index contributed by atoms with van der Waals surface area (Å²) in [5.74, 6) is 2.17. The van der Waals surface area contributed by atoms with Gasteiger partial charge in [-0.2, -0.15) is 0 Å². The number of aryl methyl sites for hydroxylation is 1. The Labute approximate surface area is 172 Å². The summed E-state index contributed by atoms with van der Waals surface area (Å²) < 4.78 is 5.82. The maximum absolute atomic E-state index is 5.82. The first-order valence-electron chi connectivity index (χ1n) is 9.32. The molecule has 0 saturated heterocycles. The molecule has 0 atom stereocenters. The summed E-state index contributed by atoms with van der Waals surface area (Å²) in [5, 5.41) is 8.91. The molecule has 2 aromatic heterocycles. The van der Waals surface area contributed by atoms with Crippen LogP contribution in [0.15, 0.2) is 82.4 Å². The summed E-state index contributed by atoms with van der Waals surface area (Å²) in [6.07, 6.45) is 0. The molecule has 0 spiro atoms. The first-order valence-corrected chi connectivity index (χ1v) is 10.3. The molecule has 0 unspecified atom stereocenters. The summed E-state index contributed by atoms with van der Waals surface area (Å²) in [4.78, 5) is 8.06. The zero-order valence-electron chi connectivity index (χ0n) is 15.8. The first kappa shape index (κ1) is 17.7. The lowest BCUT2D eigenvalue weighted by Crippen LogP contribution is -1.82. The highest BCUT2D eigenvalue weighted by Gasteiger charge is 2.11. The molecule has 5 aromatic rings. The van der Waals surface area contributed by atoms with Gasteiger partial charge in [0.2, 0.25) is 5.89 Å². The lowest BCUT2D eigenvalue weighted by atomic mass is 10.1. The van der Waals surface area contributed by atoms with Crippen molar-refractivity contribution < 1.29 is 4.42 Å². The van der Waals surface area contributed by atoms with Crippen LogP contribution in [0.4, 0.5) is 0 Å². The van der Waals surface area contributed by atoms with Crippen LogP contribution in [0, 0.1) is 6.92 Å². The lowest BCUT2D eigenvalue weighted by Gasteiger charge is -1.99. The van der Waals surface area contributed by atoms with E-state index in [1.54, 1.807) is 0 Å². The molecule has 0 aliphatic rings. The van der Waals surface area contributed by atoms with Crippen molar-refractivity contribution in [1.29, 1.82) is 0 Å². The van der Waals surface area contributed by atoms with E-state index in [-0.39, 0.29) is 0 Å². The van der Waals surface area contributed by atoms with Gasteiger partial charge >= 0.3 is 0 Å². The number of aromatic nitrogens is 4. The molecule has 6 heteroatoms. The molecule has 5 nitrogen and oxygen atoms in total. The van der Waals surface area contributed by atoms with E-state index in [4.69, 9.17) is 4.42 Å². The molecule has 0 saturated carbocycles. The number of hydrogen-bond donors (Lipinski definition) is 1. The lowest BCUT2D eigenvalue weighted by molar-refractivity contribution is 0.466. The standard InChI is InChI=1S/C23H18N4OS/c1-15-7-12-19-20(13-15)25-21(24-19)17-8-10-18(11-9-17)22-26-27-23(28-22)29-14-16-5-3-2-4-6-16/h2-13H,14H2,1H3,(H,24,25). The van der Waals surface area contributed by atoms with Gasteiger partial charge in [0.15, 0.2) is 0 Å². The van der Waals surface area contributed by atoms with Crippen molar-refractivity contribution in [3.63, 3.8) is 0 Å². The van der Waals surface area contributed by atoms with Crippen LogP contribution >= 0.6 is 11.8 Å². The molecule has 1 N–H and O–H groups in total. The maximum Gasteiger partial charge on any atom is 0.277 e. The van der Waals surface area contributed by atoms with Gasteiger partial charge < -0.3 is 9.40 Å². The number of H-pyrrole nitrogens is 1. The fraction of sp³-hybridized carbons (Fsp3) is 0.0870. The number of imidazole rings is 1. The number of benzene rings is 3. The molecule has 0 amide bonds. The highest BCUT2D eigenvalue weighted by atomic mass is 32.2. The van der Waals surface area contributed by atoms with Gasteiger partial charge in [0.25, 0.3) is 5.22 Å². The average Bonchev–Trinajstić information content (AvgIpc) is 3.40. The molecular formula is C23H18N4OS. The topological polar surface area (TPSA) is 67.6 Å². The minimum absolute atomic E-state index is 0.521. The minimum atomic E-state index is 0.521. The Kier molecular flexibility index (Phi) is 4.62. The van der Waals surface area contributed by atoms with Crippen molar-refractivity contribution >= 4 is 22.8 Å². The van der Waals surface area contributed by atoms with Crippen molar-refractivity contribution in [2.45, 2.75) is 17.9 Å². The summed E-state index contributed by atoms with van der Waals surface area (Å²) in [6, 6.07) is 24.4. The third kappa shape index (κ3) is 3.79. The smallest absolute Gasteiger partial charge is 0.277 e. The quantitative estimate of drug-likeness (QED) is 0.374. The van der Waals surface area contributed by atoms with Crippen LogP contribution in [0.2, 0.25) is 0 Å². The monoisotopic (exact) mass is 398 g/mol. The first-order chi connectivity index (χ1) is 14.2. The zero-order chi connectivity index (χ0) is 19.6. The van der Waals surface area contributed by atoms with E-state index in [1.807, 2.05) is 48.5 Å². The zero-order valence-corrected chi connectivity index (χ0v) is 16.6. The van der Waals surface area contributed by atoms with Crippen molar-refractivity contribution in [2.75, 3.05) is 0 Å². The predicted octanol–water partition coefficient (Wildman–Crippen LogP) is 5.88. The molecule has 5 rings (SSSR count). The van der Waals surface area contributed by atoms with E-state index in [0.717, 1.165) is 33.7 Å². The number of nitrogens with one attached hydrogen (secondary N) is 1. The average molecular weight is 398 g/mol. The second-order valence-corrected chi connectivity index (χ2v) is 7.76. The molecule has 0 radical (unpaired) electrons. The third-order valence-electron chi connectivity index (χ3n) is 4.65. The Morgan fingerprint density at radius 3 is 2.52 bits per heavy atom. The molecule has 2 heterocycles. The molecule has 0 aliphatic heterocycles. The van der Waals surface area contributed by atoms with E-state index in [9.17, 15) is 0 Å². The molecule has 0 aliphatic carbocycles. The van der Waals surface area contributed by atoms with E-state index < -0.39 is 0 Å². The largest absolute Gasteiger partial charge is 0.411 e. The van der Waals surface area contributed by atoms with Crippen LogP contribution in [-0.4, -0.2) is 20.2 Å². The Morgan fingerprint density at radius 1 is 0.897 bits per heavy atom. The number of nitrogens with zero attached hydrogens (tertiary/aromatic N) is 3. The number of aromatic amines is 1. The van der Waals surface area contributed by atoms with Crippen molar-refractivity contribution in [3.05, 3.63) is 83.9 Å². The number of fused-ring (bicyclic) bond motifs is 1. The van der Waals surface area contributed by atoms with Crippen LogP contribution < -0.4 is 0 Å². The fourth-order valence-electron chi connectivity index (χ4n) is 3.13. The summed E-state index contributed by atoms with van der Waals surface area (Å²) in [7, 11) is 0. The maximum atomic E-state index is 5.82. The van der Waals surface area contributed by atoms with Crippen molar-refractivity contribution in [3.8, 4) is 22.8 Å². The number of rotatable bonds is 5. The Balaban J connectivity index is 1.32. The third-order valence-corrected chi connectivity index (χ3v) is 5.54. The van der Waals surface area contributed by atoms with E-state index in [2.05, 4.69) is 51.4 Å². The van der Waals surface area contributed by atoms with Gasteiger partial charge in [-0.3, -0.25) is 0 Å². The molecule has 29 heavy (non-hydrogen) atoms. The van der Waals surface area contributed by atoms with E-state index in [0.29, 0.717) is 11.1 Å². The normalized spacial score (nSPS) is 11.2. The molecule has 142 valence electrons. The van der Waals surface area contributed by atoms with Crippen LogP contribution in [0.25, 0.3) is 33.9 Å². The summed E-state index contributed by atoms with van der Waals surface area (Å²) in [6.45, 7) is 2.07. The Hall–Kier alpha value is -3.38.